The van der Waals surface area contributed by atoms with Crippen molar-refractivity contribution in [1.29, 1.82) is 0 Å². The molecule has 180 valence electrons. The van der Waals surface area contributed by atoms with E-state index < -0.39 is 0 Å². The van der Waals surface area contributed by atoms with Crippen LogP contribution in [0.5, 0.6) is 11.5 Å². The fourth-order valence-corrected chi connectivity index (χ4v) is 3.75. The first kappa shape index (κ1) is 24.8. The van der Waals surface area contributed by atoms with Gasteiger partial charge in [0, 0.05) is 24.2 Å². The number of esters is 1. The minimum absolute atomic E-state index is 0.175. The van der Waals surface area contributed by atoms with Gasteiger partial charge in [-0.2, -0.15) is 5.10 Å². The van der Waals surface area contributed by atoms with Crippen LogP contribution in [0, 0.1) is 13.8 Å². The molecule has 0 aliphatic heterocycles. The number of hydrogen-bond donors (Lipinski definition) is 1. The highest BCUT2D eigenvalue weighted by Gasteiger charge is 2.15. The number of rotatable bonds is 10. The molecule has 0 bridgehead atoms. The summed E-state index contributed by atoms with van der Waals surface area (Å²) < 4.78 is 17.5. The fourth-order valence-electron chi connectivity index (χ4n) is 3.75. The number of hydrogen-bond acceptors (Lipinski definition) is 6. The molecule has 0 saturated heterocycles. The lowest BCUT2D eigenvalue weighted by molar-refractivity contribution is -0.140. The van der Waals surface area contributed by atoms with E-state index in [0.717, 1.165) is 28.2 Å². The van der Waals surface area contributed by atoms with E-state index in [1.54, 1.807) is 19.2 Å². The van der Waals surface area contributed by atoms with Gasteiger partial charge in [-0.25, -0.2) is 4.68 Å². The number of nitrogens with one attached hydrogen (secondary N) is 1. The summed E-state index contributed by atoms with van der Waals surface area (Å²) in [6, 6.07) is 12.9. The van der Waals surface area contributed by atoms with Gasteiger partial charge in [-0.3, -0.25) is 9.59 Å². The minimum Gasteiger partial charge on any atom is -0.493 e. The molecular formula is C26H31N3O5. The predicted molar refractivity (Wildman–Crippen MR) is 129 cm³/mol. The Morgan fingerprint density at radius 3 is 2.41 bits per heavy atom. The van der Waals surface area contributed by atoms with Crippen LogP contribution in [0.15, 0.2) is 42.5 Å². The molecule has 0 aliphatic rings. The van der Waals surface area contributed by atoms with Gasteiger partial charge in [-0.05, 0) is 74.7 Å². The number of nitrogens with zero attached hydrogens (tertiary/aromatic N) is 2. The molecule has 2 aromatic carbocycles. The smallest absolute Gasteiger partial charge is 0.305 e. The van der Waals surface area contributed by atoms with E-state index in [1.807, 2.05) is 55.8 Å². The number of benzene rings is 2. The molecule has 1 aromatic heterocycles. The Bertz CT molecular complexity index is 1150. The molecule has 0 radical (unpaired) electrons. The molecule has 0 fully saturated rings. The maximum absolute atomic E-state index is 12.7. The van der Waals surface area contributed by atoms with E-state index in [0.29, 0.717) is 43.1 Å². The maximum atomic E-state index is 12.7. The van der Waals surface area contributed by atoms with Crippen LogP contribution in [0.4, 0.5) is 0 Å². The largest absolute Gasteiger partial charge is 0.493 e. The van der Waals surface area contributed by atoms with Gasteiger partial charge in [-0.1, -0.05) is 6.07 Å². The van der Waals surface area contributed by atoms with Crippen molar-refractivity contribution in [3.05, 3.63) is 70.5 Å². The normalized spacial score (nSPS) is 10.6. The van der Waals surface area contributed by atoms with Crippen LogP contribution in [-0.2, 0) is 22.5 Å². The average molecular weight is 466 g/mol. The number of amides is 1. The average Bonchev–Trinajstić information content (AvgIpc) is 3.14. The van der Waals surface area contributed by atoms with E-state index >= 15 is 0 Å². The van der Waals surface area contributed by atoms with Crippen molar-refractivity contribution in [2.75, 3.05) is 20.8 Å². The molecular weight excluding hydrogens is 434 g/mol. The van der Waals surface area contributed by atoms with Crippen molar-refractivity contribution >= 4 is 11.9 Å². The summed E-state index contributed by atoms with van der Waals surface area (Å²) in [6.45, 7) is 6.73. The van der Waals surface area contributed by atoms with Crippen molar-refractivity contribution in [1.82, 2.24) is 15.1 Å². The highest BCUT2D eigenvalue weighted by molar-refractivity contribution is 5.94. The summed E-state index contributed by atoms with van der Waals surface area (Å²) >= 11 is 0. The van der Waals surface area contributed by atoms with Crippen molar-refractivity contribution < 1.29 is 23.8 Å². The predicted octanol–water partition coefficient (Wildman–Crippen LogP) is 3.93. The Morgan fingerprint density at radius 1 is 1.03 bits per heavy atom. The van der Waals surface area contributed by atoms with E-state index in [1.165, 1.54) is 7.11 Å². The molecule has 1 heterocycles. The molecule has 0 spiro atoms. The van der Waals surface area contributed by atoms with Gasteiger partial charge in [0.25, 0.3) is 5.91 Å². The number of ether oxygens (including phenoxy) is 3. The molecule has 34 heavy (non-hydrogen) atoms. The van der Waals surface area contributed by atoms with Gasteiger partial charge in [0.1, 0.15) is 0 Å². The van der Waals surface area contributed by atoms with Crippen LogP contribution in [0.3, 0.4) is 0 Å². The van der Waals surface area contributed by atoms with Crippen molar-refractivity contribution in [3.63, 3.8) is 0 Å². The zero-order valence-electron chi connectivity index (χ0n) is 20.3. The van der Waals surface area contributed by atoms with Gasteiger partial charge in [-0.15, -0.1) is 0 Å². The van der Waals surface area contributed by atoms with E-state index in [2.05, 4.69) is 10.4 Å². The zero-order chi connectivity index (χ0) is 24.7. The van der Waals surface area contributed by atoms with Gasteiger partial charge < -0.3 is 19.5 Å². The Hall–Kier alpha value is -3.81. The quantitative estimate of drug-likeness (QED) is 0.456. The second-order valence-corrected chi connectivity index (χ2v) is 7.79. The van der Waals surface area contributed by atoms with Gasteiger partial charge in [0.05, 0.1) is 32.2 Å². The van der Waals surface area contributed by atoms with Crippen LogP contribution in [0.25, 0.3) is 5.69 Å². The van der Waals surface area contributed by atoms with Gasteiger partial charge in [0.2, 0.25) is 0 Å². The molecule has 0 saturated carbocycles. The topological polar surface area (TPSA) is 91.7 Å². The van der Waals surface area contributed by atoms with Crippen molar-refractivity contribution in [3.8, 4) is 17.2 Å². The summed E-state index contributed by atoms with van der Waals surface area (Å²) in [5.74, 6) is 0.888. The molecule has 8 nitrogen and oxygen atoms in total. The van der Waals surface area contributed by atoms with Crippen LogP contribution in [0.2, 0.25) is 0 Å². The molecule has 3 rings (SSSR count). The molecule has 0 aliphatic carbocycles. The Kier molecular flexibility index (Phi) is 8.29. The number of methoxy groups -OCH3 is 2. The van der Waals surface area contributed by atoms with Crippen LogP contribution >= 0.6 is 0 Å². The van der Waals surface area contributed by atoms with Crippen LogP contribution in [-0.4, -0.2) is 42.5 Å². The van der Waals surface area contributed by atoms with E-state index in [9.17, 15) is 9.59 Å². The highest BCUT2D eigenvalue weighted by Crippen LogP contribution is 2.28. The molecule has 1 amide bonds. The minimum atomic E-state index is -0.245. The summed E-state index contributed by atoms with van der Waals surface area (Å²) in [7, 11) is 2.98. The number of aryl methyl sites for hydroxylation is 1. The Balaban J connectivity index is 1.67. The van der Waals surface area contributed by atoms with Crippen molar-refractivity contribution in [2.24, 2.45) is 0 Å². The third-order valence-corrected chi connectivity index (χ3v) is 5.60. The number of aromatic nitrogens is 2. The molecule has 3 aromatic rings. The monoisotopic (exact) mass is 465 g/mol. The first-order valence-corrected chi connectivity index (χ1v) is 11.2. The highest BCUT2D eigenvalue weighted by atomic mass is 16.5. The van der Waals surface area contributed by atoms with Crippen molar-refractivity contribution in [2.45, 2.75) is 40.2 Å². The maximum Gasteiger partial charge on any atom is 0.305 e. The number of carbonyl (C=O) groups excluding carboxylic acids is 2. The third kappa shape index (κ3) is 5.75. The molecule has 8 heteroatoms. The Labute approximate surface area is 199 Å². The lowest BCUT2D eigenvalue weighted by Gasteiger charge is -2.12. The number of carbonyl (C=O) groups is 2. The summed E-state index contributed by atoms with van der Waals surface area (Å²) in [6.07, 6.45) is 0.879. The first-order chi connectivity index (χ1) is 16.4. The SMILES string of the molecule is CCOc1ccc(CNC(=O)c2ccc(-n3nc(C)c(CCC(=O)OC)c3C)cc2)cc1OC. The lowest BCUT2D eigenvalue weighted by Crippen LogP contribution is -2.22. The Morgan fingerprint density at radius 2 is 1.76 bits per heavy atom. The molecule has 0 atom stereocenters. The van der Waals surface area contributed by atoms with Crippen LogP contribution < -0.4 is 14.8 Å². The first-order valence-electron chi connectivity index (χ1n) is 11.2. The van der Waals surface area contributed by atoms with E-state index in [-0.39, 0.29) is 11.9 Å². The van der Waals surface area contributed by atoms with E-state index in [4.69, 9.17) is 14.2 Å². The van der Waals surface area contributed by atoms with Gasteiger partial charge >= 0.3 is 5.97 Å². The molecule has 0 unspecified atom stereocenters. The zero-order valence-corrected chi connectivity index (χ0v) is 20.3. The summed E-state index contributed by atoms with van der Waals surface area (Å²) in [5.41, 5.74) is 5.16. The fraction of sp³-hybridized carbons (Fsp3) is 0.346. The summed E-state index contributed by atoms with van der Waals surface area (Å²) in [4.78, 5) is 24.2. The third-order valence-electron chi connectivity index (χ3n) is 5.60. The van der Waals surface area contributed by atoms with Gasteiger partial charge in [0.15, 0.2) is 11.5 Å². The molecule has 1 N–H and O–H groups in total. The second-order valence-electron chi connectivity index (χ2n) is 7.79. The van der Waals surface area contributed by atoms with Crippen LogP contribution in [0.1, 0.15) is 46.2 Å². The standard InChI is InChI=1S/C26H31N3O5/c1-6-34-23-13-7-19(15-24(23)32-4)16-27-26(31)20-8-10-21(11-9-20)29-18(3)22(17(2)28-29)12-14-25(30)33-5/h7-11,13,15H,6,12,14,16H2,1-5H3,(H,27,31). The summed E-state index contributed by atoms with van der Waals surface area (Å²) in [5, 5.41) is 7.55. The lowest BCUT2D eigenvalue weighted by atomic mass is 10.1. The second kappa shape index (κ2) is 11.4.